The molecule has 0 fully saturated rings. The minimum absolute atomic E-state index is 0. The van der Waals surface area contributed by atoms with Crippen molar-refractivity contribution < 1.29 is 44.2 Å². The van der Waals surface area contributed by atoms with Gasteiger partial charge in [0, 0.05) is 0 Å². The third-order valence-corrected chi connectivity index (χ3v) is 0.801. The molecule has 0 N–H and O–H groups in total. The molecule has 0 aliphatic rings. The van der Waals surface area contributed by atoms with Gasteiger partial charge < -0.3 is 14.6 Å². The Morgan fingerprint density at radius 2 is 2.18 bits per heavy atom. The van der Waals surface area contributed by atoms with Crippen molar-refractivity contribution in [3.63, 3.8) is 0 Å². The molecule has 0 unspecified atom stereocenters. The number of carboxylic acids is 1. The monoisotopic (exact) mass is 164 g/mol. The first-order chi connectivity index (χ1) is 4.68. The summed E-state index contributed by atoms with van der Waals surface area (Å²) in [5.41, 5.74) is -0.0538. The van der Waals surface area contributed by atoms with Gasteiger partial charge in [-0.2, -0.15) is 0 Å². The van der Waals surface area contributed by atoms with E-state index in [1.165, 1.54) is 6.08 Å². The molecule has 3 nitrogen and oxygen atoms in total. The Morgan fingerprint density at radius 3 is 2.55 bits per heavy atom. The maximum atomic E-state index is 9.98. The van der Waals surface area contributed by atoms with E-state index < -0.39 is 5.97 Å². The van der Waals surface area contributed by atoms with E-state index in [0.717, 1.165) is 0 Å². The van der Waals surface area contributed by atoms with E-state index in [4.69, 9.17) is 4.74 Å². The SMILES string of the molecule is C=CCOCC(=C)C(=O)[O-].[Na+]. The van der Waals surface area contributed by atoms with E-state index in [0.29, 0.717) is 6.61 Å². The third kappa shape index (κ3) is 7.81. The fourth-order valence-electron chi connectivity index (χ4n) is 0.324. The summed E-state index contributed by atoms with van der Waals surface area (Å²) in [6.07, 6.45) is 1.53. The Morgan fingerprint density at radius 1 is 1.64 bits per heavy atom. The molecule has 0 aliphatic carbocycles. The number of aliphatic carboxylic acids is 1. The van der Waals surface area contributed by atoms with Crippen LogP contribution in [-0.4, -0.2) is 19.2 Å². The van der Waals surface area contributed by atoms with Crippen LogP contribution in [0.2, 0.25) is 0 Å². The molecule has 0 saturated carbocycles. The molecule has 0 aromatic carbocycles. The normalized spacial score (nSPS) is 8.00. The van der Waals surface area contributed by atoms with E-state index in [-0.39, 0.29) is 41.7 Å². The molecule has 0 aromatic heterocycles. The molecule has 0 bridgehead atoms. The molecular weight excluding hydrogens is 155 g/mol. The first-order valence-electron chi connectivity index (χ1n) is 2.76. The summed E-state index contributed by atoms with van der Waals surface area (Å²) >= 11 is 0. The zero-order chi connectivity index (χ0) is 7.98. The van der Waals surface area contributed by atoms with Crippen molar-refractivity contribution in [3.05, 3.63) is 24.8 Å². The van der Waals surface area contributed by atoms with Gasteiger partial charge in [-0.15, -0.1) is 6.58 Å². The van der Waals surface area contributed by atoms with Crippen molar-refractivity contribution in [2.75, 3.05) is 13.2 Å². The van der Waals surface area contributed by atoms with Crippen LogP contribution < -0.4 is 34.7 Å². The average molecular weight is 164 g/mol. The minimum atomic E-state index is -1.27. The van der Waals surface area contributed by atoms with Gasteiger partial charge >= 0.3 is 29.6 Å². The standard InChI is InChI=1S/C7H10O3.Na/c1-3-4-10-5-6(2)7(8)9;/h3H,1-2,4-5H2,(H,8,9);/q;+1/p-1. The number of hydrogen-bond donors (Lipinski definition) is 0. The van der Waals surface area contributed by atoms with Crippen LogP contribution >= 0.6 is 0 Å². The van der Waals surface area contributed by atoms with Gasteiger partial charge in [0.2, 0.25) is 0 Å². The van der Waals surface area contributed by atoms with E-state index in [1.54, 1.807) is 0 Å². The van der Waals surface area contributed by atoms with Crippen molar-refractivity contribution in [3.8, 4) is 0 Å². The smallest absolute Gasteiger partial charge is 0.545 e. The molecule has 0 spiro atoms. The maximum Gasteiger partial charge on any atom is 1.00 e. The molecule has 0 radical (unpaired) electrons. The van der Waals surface area contributed by atoms with Crippen LogP contribution in [0.25, 0.3) is 0 Å². The molecule has 0 amide bonds. The zero-order valence-electron chi connectivity index (χ0n) is 6.63. The van der Waals surface area contributed by atoms with Crippen molar-refractivity contribution >= 4 is 5.97 Å². The van der Waals surface area contributed by atoms with Gasteiger partial charge in [-0.1, -0.05) is 12.7 Å². The molecule has 0 aliphatic heterocycles. The van der Waals surface area contributed by atoms with Crippen molar-refractivity contribution in [1.29, 1.82) is 0 Å². The van der Waals surface area contributed by atoms with Gasteiger partial charge in [0.1, 0.15) is 0 Å². The zero-order valence-corrected chi connectivity index (χ0v) is 8.63. The van der Waals surface area contributed by atoms with Gasteiger partial charge in [0.15, 0.2) is 0 Å². The molecule has 56 valence electrons. The van der Waals surface area contributed by atoms with Gasteiger partial charge in [-0.3, -0.25) is 0 Å². The number of carbonyl (C=O) groups is 1. The molecule has 11 heavy (non-hydrogen) atoms. The molecule has 0 heterocycles. The Kier molecular flexibility index (Phi) is 9.83. The van der Waals surface area contributed by atoms with E-state index in [9.17, 15) is 9.90 Å². The third-order valence-electron chi connectivity index (χ3n) is 0.801. The second kappa shape index (κ2) is 8.01. The molecule has 0 rings (SSSR count). The van der Waals surface area contributed by atoms with Gasteiger partial charge in [-0.25, -0.2) is 0 Å². The summed E-state index contributed by atoms with van der Waals surface area (Å²) in [4.78, 5) is 9.98. The van der Waals surface area contributed by atoms with Gasteiger partial charge in [0.05, 0.1) is 19.2 Å². The molecule has 0 saturated heterocycles. The van der Waals surface area contributed by atoms with Crippen LogP contribution in [0, 0.1) is 0 Å². The van der Waals surface area contributed by atoms with Crippen LogP contribution in [0.4, 0.5) is 0 Å². The van der Waals surface area contributed by atoms with Crippen LogP contribution in [0.15, 0.2) is 24.8 Å². The summed E-state index contributed by atoms with van der Waals surface area (Å²) in [7, 11) is 0. The Balaban J connectivity index is 0. The predicted molar refractivity (Wildman–Crippen MR) is 35.2 cm³/mol. The van der Waals surface area contributed by atoms with Crippen LogP contribution in [0.3, 0.4) is 0 Å². The number of hydrogen-bond acceptors (Lipinski definition) is 3. The first kappa shape index (κ1) is 13.5. The Labute approximate surface area is 88.0 Å². The summed E-state index contributed by atoms with van der Waals surface area (Å²) in [6.45, 7) is 6.91. The van der Waals surface area contributed by atoms with Crippen molar-refractivity contribution in [1.82, 2.24) is 0 Å². The summed E-state index contributed by atoms with van der Waals surface area (Å²) < 4.78 is 4.77. The van der Waals surface area contributed by atoms with E-state index >= 15 is 0 Å². The maximum absolute atomic E-state index is 9.98. The first-order valence-corrected chi connectivity index (χ1v) is 2.76. The van der Waals surface area contributed by atoms with Crippen LogP contribution in [0.1, 0.15) is 0 Å². The summed E-state index contributed by atoms with van der Waals surface area (Å²) in [6, 6.07) is 0. The molecule has 4 heteroatoms. The number of ether oxygens (including phenoxy) is 1. The van der Waals surface area contributed by atoms with E-state index in [1.807, 2.05) is 0 Å². The molecule has 0 atom stereocenters. The molecule has 0 aromatic rings. The van der Waals surface area contributed by atoms with Crippen molar-refractivity contribution in [2.45, 2.75) is 0 Å². The second-order valence-corrected chi connectivity index (χ2v) is 1.69. The number of carboxylic acid groups (broad SMARTS) is 1. The average Bonchev–Trinajstić information content (AvgIpc) is 1.88. The fraction of sp³-hybridized carbons (Fsp3) is 0.286. The summed E-state index contributed by atoms with van der Waals surface area (Å²) in [5.74, 6) is -1.27. The van der Waals surface area contributed by atoms with Crippen LogP contribution in [0.5, 0.6) is 0 Å². The number of carbonyl (C=O) groups excluding carboxylic acids is 1. The van der Waals surface area contributed by atoms with Crippen LogP contribution in [-0.2, 0) is 9.53 Å². The Hall–Kier alpha value is -0.0900. The Bertz CT molecular complexity index is 154. The quantitative estimate of drug-likeness (QED) is 0.183. The largest absolute Gasteiger partial charge is 1.00 e. The van der Waals surface area contributed by atoms with Gasteiger partial charge in [0.25, 0.3) is 0 Å². The minimum Gasteiger partial charge on any atom is -0.545 e. The van der Waals surface area contributed by atoms with Gasteiger partial charge in [-0.05, 0) is 5.57 Å². The topological polar surface area (TPSA) is 49.4 Å². The van der Waals surface area contributed by atoms with Crippen molar-refractivity contribution in [2.24, 2.45) is 0 Å². The number of rotatable bonds is 5. The predicted octanol–water partition coefficient (Wildman–Crippen LogP) is -3.50. The van der Waals surface area contributed by atoms with E-state index in [2.05, 4.69) is 13.2 Å². The molecular formula is C7H9NaO3. The summed E-state index contributed by atoms with van der Waals surface area (Å²) in [5, 5.41) is 9.98. The second-order valence-electron chi connectivity index (χ2n) is 1.69. The fourth-order valence-corrected chi connectivity index (χ4v) is 0.324.